The van der Waals surface area contributed by atoms with Crippen LogP contribution in [-0.4, -0.2) is 46.8 Å². The maximum absolute atomic E-state index is 13.5. The SMILES string of the molecule is O=C(c1cn(-c2ccccc2)nc1-c1cccs1)N1CCN(c2ccccc2Cl)CC1. The average Bonchev–Trinajstić information content (AvgIpc) is 3.50. The molecule has 1 aliphatic rings. The third-order valence-corrected chi connectivity index (χ3v) is 6.68. The van der Waals surface area contributed by atoms with Crippen molar-refractivity contribution in [2.45, 2.75) is 0 Å². The molecule has 1 aliphatic heterocycles. The van der Waals surface area contributed by atoms with E-state index in [0.717, 1.165) is 40.1 Å². The molecule has 1 saturated heterocycles. The zero-order chi connectivity index (χ0) is 21.2. The monoisotopic (exact) mass is 448 g/mol. The molecule has 3 heterocycles. The quantitative estimate of drug-likeness (QED) is 0.430. The van der Waals surface area contributed by atoms with E-state index in [2.05, 4.69) is 4.90 Å². The highest BCUT2D eigenvalue weighted by molar-refractivity contribution is 7.13. The highest BCUT2D eigenvalue weighted by Gasteiger charge is 2.27. The molecule has 0 unspecified atom stereocenters. The Morgan fingerprint density at radius 1 is 0.903 bits per heavy atom. The molecule has 1 amide bonds. The minimum atomic E-state index is 0.0180. The van der Waals surface area contributed by atoms with Crippen molar-refractivity contribution in [3.8, 4) is 16.3 Å². The number of thiophene rings is 1. The first kappa shape index (κ1) is 19.8. The maximum atomic E-state index is 13.5. The minimum absolute atomic E-state index is 0.0180. The van der Waals surface area contributed by atoms with Crippen LogP contribution in [0, 0.1) is 0 Å². The van der Waals surface area contributed by atoms with Crippen LogP contribution in [0.2, 0.25) is 5.02 Å². The summed E-state index contributed by atoms with van der Waals surface area (Å²) in [4.78, 5) is 18.6. The number of aromatic nitrogens is 2. The number of para-hydroxylation sites is 2. The van der Waals surface area contributed by atoms with Crippen LogP contribution in [0.15, 0.2) is 78.3 Å². The van der Waals surface area contributed by atoms with Crippen LogP contribution in [0.5, 0.6) is 0 Å². The topological polar surface area (TPSA) is 41.4 Å². The summed E-state index contributed by atoms with van der Waals surface area (Å²) < 4.78 is 1.79. The van der Waals surface area contributed by atoms with E-state index in [-0.39, 0.29) is 5.91 Å². The number of benzene rings is 2. The van der Waals surface area contributed by atoms with Gasteiger partial charge >= 0.3 is 0 Å². The van der Waals surface area contributed by atoms with Gasteiger partial charge in [0, 0.05) is 32.4 Å². The van der Waals surface area contributed by atoms with Gasteiger partial charge in [0.25, 0.3) is 5.91 Å². The molecule has 0 atom stereocenters. The van der Waals surface area contributed by atoms with E-state index >= 15 is 0 Å². The number of carbonyl (C=O) groups excluding carboxylic acids is 1. The Bertz CT molecular complexity index is 1180. The molecule has 5 nitrogen and oxygen atoms in total. The van der Waals surface area contributed by atoms with Gasteiger partial charge in [0.2, 0.25) is 0 Å². The molecular weight excluding hydrogens is 428 g/mol. The lowest BCUT2D eigenvalue weighted by atomic mass is 10.1. The molecule has 2 aromatic carbocycles. The van der Waals surface area contributed by atoms with Crippen LogP contribution < -0.4 is 4.90 Å². The summed E-state index contributed by atoms with van der Waals surface area (Å²) in [7, 11) is 0. The van der Waals surface area contributed by atoms with Gasteiger partial charge in [-0.15, -0.1) is 11.3 Å². The third-order valence-electron chi connectivity index (χ3n) is 5.48. The number of anilines is 1. The van der Waals surface area contributed by atoms with Gasteiger partial charge in [-0.3, -0.25) is 4.79 Å². The van der Waals surface area contributed by atoms with Gasteiger partial charge in [-0.1, -0.05) is 48.0 Å². The summed E-state index contributed by atoms with van der Waals surface area (Å²) in [6.07, 6.45) is 1.85. The summed E-state index contributed by atoms with van der Waals surface area (Å²) >= 11 is 7.95. The Hall–Kier alpha value is -3.09. The van der Waals surface area contributed by atoms with Crippen LogP contribution in [-0.2, 0) is 0 Å². The van der Waals surface area contributed by atoms with E-state index in [0.29, 0.717) is 18.7 Å². The van der Waals surface area contributed by atoms with Crippen molar-refractivity contribution in [3.63, 3.8) is 0 Å². The van der Waals surface area contributed by atoms with Gasteiger partial charge in [-0.2, -0.15) is 5.10 Å². The van der Waals surface area contributed by atoms with Gasteiger partial charge < -0.3 is 9.80 Å². The van der Waals surface area contributed by atoms with Gasteiger partial charge in [-0.25, -0.2) is 4.68 Å². The van der Waals surface area contributed by atoms with Crippen molar-refractivity contribution in [2.24, 2.45) is 0 Å². The van der Waals surface area contributed by atoms with E-state index < -0.39 is 0 Å². The lowest BCUT2D eigenvalue weighted by Gasteiger charge is -2.36. The fraction of sp³-hybridized carbons (Fsp3) is 0.167. The Morgan fingerprint density at radius 2 is 1.65 bits per heavy atom. The van der Waals surface area contributed by atoms with Crippen molar-refractivity contribution >= 4 is 34.5 Å². The predicted octanol–water partition coefficient (Wildman–Crippen LogP) is 5.22. The number of hydrogen-bond acceptors (Lipinski definition) is 4. The van der Waals surface area contributed by atoms with Crippen molar-refractivity contribution in [1.29, 1.82) is 0 Å². The van der Waals surface area contributed by atoms with Crippen molar-refractivity contribution in [3.05, 3.63) is 88.9 Å². The Morgan fingerprint density at radius 3 is 2.35 bits per heavy atom. The van der Waals surface area contributed by atoms with Gasteiger partial charge in [0.05, 0.1) is 26.8 Å². The molecule has 31 heavy (non-hydrogen) atoms. The molecule has 2 aromatic heterocycles. The smallest absolute Gasteiger partial charge is 0.257 e. The zero-order valence-electron chi connectivity index (χ0n) is 16.8. The van der Waals surface area contributed by atoms with E-state index in [9.17, 15) is 4.79 Å². The van der Waals surface area contributed by atoms with Crippen LogP contribution in [0.3, 0.4) is 0 Å². The predicted molar refractivity (Wildman–Crippen MR) is 126 cm³/mol. The summed E-state index contributed by atoms with van der Waals surface area (Å²) in [5.41, 5.74) is 3.32. The number of piperazine rings is 1. The highest BCUT2D eigenvalue weighted by atomic mass is 35.5. The van der Waals surface area contributed by atoms with Crippen LogP contribution >= 0.6 is 22.9 Å². The molecular formula is C24H21ClN4OS. The molecule has 0 aliphatic carbocycles. The van der Waals surface area contributed by atoms with Crippen molar-refractivity contribution in [2.75, 3.05) is 31.1 Å². The lowest BCUT2D eigenvalue weighted by Crippen LogP contribution is -2.48. The molecule has 7 heteroatoms. The van der Waals surface area contributed by atoms with Gasteiger partial charge in [0.1, 0.15) is 5.69 Å². The average molecular weight is 449 g/mol. The Kier molecular flexibility index (Phi) is 5.49. The summed E-state index contributed by atoms with van der Waals surface area (Å²) in [6, 6.07) is 21.7. The van der Waals surface area contributed by atoms with Crippen LogP contribution in [0.4, 0.5) is 5.69 Å². The summed E-state index contributed by atoms with van der Waals surface area (Å²) in [5, 5.41) is 7.51. The first-order chi connectivity index (χ1) is 15.2. The second-order valence-corrected chi connectivity index (χ2v) is 8.73. The van der Waals surface area contributed by atoms with Crippen molar-refractivity contribution in [1.82, 2.24) is 14.7 Å². The zero-order valence-corrected chi connectivity index (χ0v) is 18.4. The van der Waals surface area contributed by atoms with Crippen LogP contribution in [0.1, 0.15) is 10.4 Å². The maximum Gasteiger partial charge on any atom is 0.257 e. The molecule has 1 fully saturated rings. The molecule has 0 saturated carbocycles. The largest absolute Gasteiger partial charge is 0.367 e. The molecule has 5 rings (SSSR count). The standard InChI is InChI=1S/C24H21ClN4OS/c25-20-9-4-5-10-21(20)27-12-14-28(15-13-27)24(30)19-17-29(18-7-2-1-3-8-18)26-23(19)22-11-6-16-31-22/h1-11,16-17H,12-15H2. The number of halogens is 1. The van der Waals surface area contributed by atoms with Gasteiger partial charge in [-0.05, 0) is 35.7 Å². The van der Waals surface area contributed by atoms with E-state index in [1.165, 1.54) is 0 Å². The number of rotatable bonds is 4. The Labute approximate surface area is 190 Å². The first-order valence-electron chi connectivity index (χ1n) is 10.2. The number of amides is 1. The van der Waals surface area contributed by atoms with Gasteiger partial charge in [0.15, 0.2) is 0 Å². The van der Waals surface area contributed by atoms with Crippen LogP contribution in [0.25, 0.3) is 16.3 Å². The second kappa shape index (κ2) is 8.57. The highest BCUT2D eigenvalue weighted by Crippen LogP contribution is 2.30. The fourth-order valence-corrected chi connectivity index (χ4v) is 4.85. The fourth-order valence-electron chi connectivity index (χ4n) is 3.87. The molecule has 156 valence electrons. The molecule has 0 N–H and O–H groups in total. The second-order valence-electron chi connectivity index (χ2n) is 7.38. The van der Waals surface area contributed by atoms with E-state index in [1.54, 1.807) is 16.0 Å². The lowest BCUT2D eigenvalue weighted by molar-refractivity contribution is 0.0747. The number of carbonyl (C=O) groups is 1. The summed E-state index contributed by atoms with van der Waals surface area (Å²) in [5.74, 6) is 0.0180. The first-order valence-corrected chi connectivity index (χ1v) is 11.4. The van der Waals surface area contributed by atoms with E-state index in [4.69, 9.17) is 16.7 Å². The Balaban J connectivity index is 1.40. The minimum Gasteiger partial charge on any atom is -0.367 e. The van der Waals surface area contributed by atoms with Crippen molar-refractivity contribution < 1.29 is 4.79 Å². The third kappa shape index (κ3) is 3.96. The molecule has 0 radical (unpaired) electrons. The normalized spacial score (nSPS) is 14.1. The summed E-state index contributed by atoms with van der Waals surface area (Å²) in [6.45, 7) is 2.78. The van der Waals surface area contributed by atoms with E-state index in [1.807, 2.05) is 83.2 Å². The molecule has 4 aromatic rings. The molecule has 0 spiro atoms. The number of nitrogens with zero attached hydrogens (tertiary/aromatic N) is 4. The molecule has 0 bridgehead atoms. The number of hydrogen-bond donors (Lipinski definition) is 0.